The minimum absolute atomic E-state index is 0.214. The van der Waals surface area contributed by atoms with Gasteiger partial charge < -0.3 is 5.32 Å². The third-order valence-electron chi connectivity index (χ3n) is 1.96. The average molecular weight is 238 g/mol. The van der Waals surface area contributed by atoms with Crippen LogP contribution in [0.2, 0.25) is 5.02 Å². The summed E-state index contributed by atoms with van der Waals surface area (Å²) in [5.74, 6) is -0.214. The molecule has 5 heteroatoms. The molecule has 0 unspecified atom stereocenters. The summed E-state index contributed by atoms with van der Waals surface area (Å²) in [5, 5.41) is 11.5. The summed E-state index contributed by atoms with van der Waals surface area (Å²) in [4.78, 5) is 15.4. The highest BCUT2D eigenvalue weighted by Gasteiger charge is 2.05. The van der Waals surface area contributed by atoms with Gasteiger partial charge >= 0.3 is 0 Å². The molecule has 0 aliphatic heterocycles. The van der Waals surface area contributed by atoms with Gasteiger partial charge in [-0.25, -0.2) is 4.98 Å². The lowest BCUT2D eigenvalue weighted by atomic mass is 10.2. The topological polar surface area (TPSA) is 65.8 Å². The van der Waals surface area contributed by atoms with Gasteiger partial charge in [0.05, 0.1) is 11.1 Å². The number of nitriles is 1. The summed E-state index contributed by atoms with van der Waals surface area (Å²) in [6.45, 7) is 0.560. The number of halogens is 1. The summed E-state index contributed by atoms with van der Waals surface area (Å²) in [6, 6.07) is 5.25. The quantitative estimate of drug-likeness (QED) is 0.798. The van der Waals surface area contributed by atoms with Crippen LogP contribution in [-0.4, -0.2) is 17.4 Å². The second-order valence-corrected chi connectivity index (χ2v) is 3.67. The zero-order valence-electron chi connectivity index (χ0n) is 8.74. The van der Waals surface area contributed by atoms with E-state index >= 15 is 0 Å². The first-order valence-electron chi connectivity index (χ1n) is 5.00. The Morgan fingerprint density at radius 3 is 2.94 bits per heavy atom. The second kappa shape index (κ2) is 6.81. The molecule has 84 valence electrons. The molecule has 0 spiro atoms. The fourth-order valence-electron chi connectivity index (χ4n) is 1.13. The van der Waals surface area contributed by atoms with Crippen molar-refractivity contribution in [3.8, 4) is 6.07 Å². The average Bonchev–Trinajstić information content (AvgIpc) is 2.29. The van der Waals surface area contributed by atoms with Crippen LogP contribution in [0, 0.1) is 11.3 Å². The maximum Gasteiger partial charge on any atom is 0.269 e. The number of amides is 1. The molecule has 0 aromatic carbocycles. The standard InChI is InChI=1S/C11H12ClN3O/c12-9-4-5-10(15-8-9)11(16)14-7-3-1-2-6-13/h4-5,8H,1-3,7H2,(H,14,16). The van der Waals surface area contributed by atoms with Gasteiger partial charge in [-0.2, -0.15) is 5.26 Å². The molecular formula is C11H12ClN3O. The molecule has 0 saturated heterocycles. The van der Waals surface area contributed by atoms with E-state index in [1.165, 1.54) is 6.20 Å². The van der Waals surface area contributed by atoms with Crippen LogP contribution in [-0.2, 0) is 0 Å². The SMILES string of the molecule is N#CCCCCNC(=O)c1ccc(Cl)cn1. The Morgan fingerprint density at radius 1 is 1.50 bits per heavy atom. The van der Waals surface area contributed by atoms with Crippen molar-refractivity contribution < 1.29 is 4.79 Å². The highest BCUT2D eigenvalue weighted by Crippen LogP contribution is 2.05. The van der Waals surface area contributed by atoms with E-state index in [2.05, 4.69) is 16.4 Å². The smallest absolute Gasteiger partial charge is 0.269 e. The lowest BCUT2D eigenvalue weighted by Crippen LogP contribution is -2.25. The number of nitrogens with one attached hydrogen (secondary N) is 1. The van der Waals surface area contributed by atoms with Crippen molar-refractivity contribution in [2.45, 2.75) is 19.3 Å². The Bertz CT molecular complexity index is 383. The lowest BCUT2D eigenvalue weighted by Gasteiger charge is -2.03. The lowest BCUT2D eigenvalue weighted by molar-refractivity contribution is 0.0948. The molecule has 1 amide bonds. The minimum atomic E-state index is -0.214. The normalized spacial score (nSPS) is 9.50. The number of carbonyl (C=O) groups excluding carboxylic acids is 1. The van der Waals surface area contributed by atoms with E-state index in [1.807, 2.05) is 0 Å². The Morgan fingerprint density at radius 2 is 2.31 bits per heavy atom. The predicted octanol–water partition coefficient (Wildman–Crippen LogP) is 2.16. The van der Waals surface area contributed by atoms with Crippen molar-refractivity contribution in [3.05, 3.63) is 29.0 Å². The molecule has 0 atom stereocenters. The number of rotatable bonds is 5. The Kier molecular flexibility index (Phi) is 5.30. The van der Waals surface area contributed by atoms with Crippen LogP contribution in [0.15, 0.2) is 18.3 Å². The molecule has 0 saturated carbocycles. The van der Waals surface area contributed by atoms with Gasteiger partial charge in [0.15, 0.2) is 0 Å². The summed E-state index contributed by atoms with van der Waals surface area (Å²) in [5.41, 5.74) is 0.352. The van der Waals surface area contributed by atoms with Crippen molar-refractivity contribution in [1.29, 1.82) is 5.26 Å². The van der Waals surface area contributed by atoms with E-state index in [0.29, 0.717) is 23.7 Å². The van der Waals surface area contributed by atoms with Crippen LogP contribution >= 0.6 is 11.6 Å². The molecule has 0 aliphatic rings. The number of carbonyl (C=O) groups is 1. The van der Waals surface area contributed by atoms with E-state index in [9.17, 15) is 4.79 Å². The molecular weight excluding hydrogens is 226 g/mol. The van der Waals surface area contributed by atoms with Crippen LogP contribution in [0.4, 0.5) is 0 Å². The first-order chi connectivity index (χ1) is 7.74. The van der Waals surface area contributed by atoms with Crippen molar-refractivity contribution in [1.82, 2.24) is 10.3 Å². The first kappa shape index (κ1) is 12.5. The summed E-state index contributed by atoms with van der Waals surface area (Å²) in [6.07, 6.45) is 3.55. The molecule has 1 heterocycles. The maximum atomic E-state index is 11.5. The van der Waals surface area contributed by atoms with Crippen LogP contribution in [0.25, 0.3) is 0 Å². The van der Waals surface area contributed by atoms with Gasteiger partial charge in [0, 0.05) is 19.2 Å². The molecule has 1 N–H and O–H groups in total. The molecule has 0 aliphatic carbocycles. The molecule has 0 bridgehead atoms. The van der Waals surface area contributed by atoms with E-state index in [-0.39, 0.29) is 5.91 Å². The number of nitrogens with zero attached hydrogens (tertiary/aromatic N) is 2. The van der Waals surface area contributed by atoms with Crippen LogP contribution in [0.5, 0.6) is 0 Å². The van der Waals surface area contributed by atoms with Gasteiger partial charge in [-0.15, -0.1) is 0 Å². The van der Waals surface area contributed by atoms with Gasteiger partial charge in [-0.3, -0.25) is 4.79 Å². The zero-order valence-corrected chi connectivity index (χ0v) is 9.50. The molecule has 1 rings (SSSR count). The highest BCUT2D eigenvalue weighted by molar-refractivity contribution is 6.30. The number of unbranched alkanes of at least 4 members (excludes halogenated alkanes) is 2. The Hall–Kier alpha value is -1.60. The number of aromatic nitrogens is 1. The Labute approximate surface area is 99.2 Å². The third kappa shape index (κ3) is 4.28. The molecule has 1 aromatic heterocycles. The van der Waals surface area contributed by atoms with E-state index in [4.69, 9.17) is 16.9 Å². The van der Waals surface area contributed by atoms with Crippen molar-refractivity contribution >= 4 is 17.5 Å². The van der Waals surface area contributed by atoms with Crippen LogP contribution in [0.3, 0.4) is 0 Å². The van der Waals surface area contributed by atoms with Gasteiger partial charge in [0.2, 0.25) is 0 Å². The second-order valence-electron chi connectivity index (χ2n) is 3.23. The fourth-order valence-corrected chi connectivity index (χ4v) is 1.24. The highest BCUT2D eigenvalue weighted by atomic mass is 35.5. The van der Waals surface area contributed by atoms with Gasteiger partial charge in [0.1, 0.15) is 5.69 Å². The van der Waals surface area contributed by atoms with Crippen molar-refractivity contribution in [3.63, 3.8) is 0 Å². The van der Waals surface area contributed by atoms with Crippen LogP contribution < -0.4 is 5.32 Å². The monoisotopic (exact) mass is 237 g/mol. The third-order valence-corrected chi connectivity index (χ3v) is 2.18. The molecule has 4 nitrogen and oxygen atoms in total. The Balaban J connectivity index is 2.30. The predicted molar refractivity (Wildman–Crippen MR) is 61.0 cm³/mol. The van der Waals surface area contributed by atoms with Crippen molar-refractivity contribution in [2.24, 2.45) is 0 Å². The maximum absolute atomic E-state index is 11.5. The molecule has 0 fully saturated rings. The number of hydrogen-bond acceptors (Lipinski definition) is 3. The van der Waals surface area contributed by atoms with E-state index in [1.54, 1.807) is 12.1 Å². The zero-order chi connectivity index (χ0) is 11.8. The molecule has 1 aromatic rings. The first-order valence-corrected chi connectivity index (χ1v) is 5.38. The van der Waals surface area contributed by atoms with E-state index in [0.717, 1.165) is 12.8 Å². The summed E-state index contributed by atoms with van der Waals surface area (Å²) >= 11 is 5.65. The number of pyridine rings is 1. The summed E-state index contributed by atoms with van der Waals surface area (Å²) in [7, 11) is 0. The van der Waals surface area contributed by atoms with E-state index < -0.39 is 0 Å². The van der Waals surface area contributed by atoms with Crippen molar-refractivity contribution in [2.75, 3.05) is 6.54 Å². The van der Waals surface area contributed by atoms with Gasteiger partial charge in [-0.05, 0) is 25.0 Å². The fraction of sp³-hybridized carbons (Fsp3) is 0.364. The van der Waals surface area contributed by atoms with Crippen LogP contribution in [0.1, 0.15) is 29.8 Å². The van der Waals surface area contributed by atoms with Gasteiger partial charge in [-0.1, -0.05) is 11.6 Å². The molecule has 0 radical (unpaired) electrons. The van der Waals surface area contributed by atoms with Gasteiger partial charge in [0.25, 0.3) is 5.91 Å². The largest absolute Gasteiger partial charge is 0.351 e. The summed E-state index contributed by atoms with van der Waals surface area (Å²) < 4.78 is 0. The number of hydrogen-bond donors (Lipinski definition) is 1. The minimum Gasteiger partial charge on any atom is -0.351 e. The molecule has 16 heavy (non-hydrogen) atoms.